The summed E-state index contributed by atoms with van der Waals surface area (Å²) in [6.45, 7) is 4.13. The van der Waals surface area contributed by atoms with Crippen LogP contribution in [0.3, 0.4) is 0 Å². The molecule has 1 unspecified atom stereocenters. The molecule has 1 heterocycles. The second-order valence-electron chi connectivity index (χ2n) is 5.40. The van der Waals surface area contributed by atoms with Crippen LogP contribution in [0.25, 0.3) is 0 Å². The molecular weight excluding hydrogens is 256 g/mol. The third-order valence-corrected chi connectivity index (χ3v) is 3.48. The Balaban J connectivity index is 2.78. The van der Waals surface area contributed by atoms with Crippen LogP contribution in [-0.2, 0) is 14.3 Å². The van der Waals surface area contributed by atoms with Crippen LogP contribution in [-0.4, -0.2) is 37.0 Å². The van der Waals surface area contributed by atoms with E-state index < -0.39 is 6.10 Å². The summed E-state index contributed by atoms with van der Waals surface area (Å²) in [5.74, 6) is -0.215. The highest BCUT2D eigenvalue weighted by Crippen LogP contribution is 2.16. The van der Waals surface area contributed by atoms with Gasteiger partial charge in [0.15, 0.2) is 0 Å². The van der Waals surface area contributed by atoms with Gasteiger partial charge in [-0.25, -0.2) is 0 Å². The zero-order valence-corrected chi connectivity index (χ0v) is 12.7. The van der Waals surface area contributed by atoms with Crippen molar-refractivity contribution in [1.29, 1.82) is 0 Å². The molecule has 0 aromatic carbocycles. The summed E-state index contributed by atoms with van der Waals surface area (Å²) in [5, 5.41) is 10.3. The fourth-order valence-corrected chi connectivity index (χ4v) is 2.25. The van der Waals surface area contributed by atoms with Gasteiger partial charge in [-0.2, -0.15) is 0 Å². The maximum absolute atomic E-state index is 11.5. The summed E-state index contributed by atoms with van der Waals surface area (Å²) in [4.78, 5) is 11.5. The molecule has 0 amide bonds. The van der Waals surface area contributed by atoms with Crippen molar-refractivity contribution in [3.63, 3.8) is 0 Å². The molecule has 1 rings (SSSR count). The molecule has 114 valence electrons. The molecule has 0 radical (unpaired) electrons. The van der Waals surface area contributed by atoms with Gasteiger partial charge >= 0.3 is 5.97 Å². The highest BCUT2D eigenvalue weighted by molar-refractivity contribution is 5.69. The van der Waals surface area contributed by atoms with Crippen molar-refractivity contribution in [1.82, 2.24) is 0 Å². The van der Waals surface area contributed by atoms with Gasteiger partial charge in [-0.05, 0) is 31.8 Å². The van der Waals surface area contributed by atoms with E-state index in [4.69, 9.17) is 9.47 Å². The van der Waals surface area contributed by atoms with Crippen molar-refractivity contribution < 1.29 is 19.4 Å². The number of aliphatic hydroxyl groups is 1. The Morgan fingerprint density at radius 2 is 2.15 bits per heavy atom. The summed E-state index contributed by atoms with van der Waals surface area (Å²) in [6, 6.07) is 0. The molecule has 0 bridgehead atoms. The Kier molecular flexibility index (Phi) is 7.55. The first kappa shape index (κ1) is 16.9. The van der Waals surface area contributed by atoms with Crippen LogP contribution in [0.2, 0.25) is 0 Å². The summed E-state index contributed by atoms with van der Waals surface area (Å²) in [5.41, 5.74) is 0.945. The van der Waals surface area contributed by atoms with Crippen LogP contribution in [0.5, 0.6) is 0 Å². The SMILES string of the molecule is CO[C@H]1C=CCCCCC(=O)OCC(C)=CC(C)[C@@H]1O. The molecule has 0 fully saturated rings. The van der Waals surface area contributed by atoms with E-state index in [1.807, 2.05) is 32.1 Å². The first-order valence-corrected chi connectivity index (χ1v) is 7.25. The van der Waals surface area contributed by atoms with Gasteiger partial charge in [0, 0.05) is 19.4 Å². The van der Waals surface area contributed by atoms with Gasteiger partial charge in [-0.15, -0.1) is 0 Å². The van der Waals surface area contributed by atoms with Crippen molar-refractivity contribution in [2.75, 3.05) is 13.7 Å². The maximum atomic E-state index is 11.5. The van der Waals surface area contributed by atoms with E-state index in [1.54, 1.807) is 7.11 Å². The number of aliphatic hydroxyl groups excluding tert-OH is 1. The van der Waals surface area contributed by atoms with Gasteiger partial charge in [0.1, 0.15) is 12.7 Å². The number of methoxy groups -OCH3 is 1. The molecule has 0 aromatic heterocycles. The van der Waals surface area contributed by atoms with E-state index in [9.17, 15) is 9.90 Å². The fourth-order valence-electron chi connectivity index (χ4n) is 2.25. The van der Waals surface area contributed by atoms with Gasteiger partial charge in [0.25, 0.3) is 0 Å². The topological polar surface area (TPSA) is 55.8 Å². The standard InChI is InChI=1S/C16H26O4/c1-12-10-13(2)16(18)14(19-3)8-6-4-5-7-9-15(17)20-11-12/h6,8,10,13-14,16,18H,4-5,7,9,11H2,1-3H3/t13?,14-,16-/m0/s1. The van der Waals surface area contributed by atoms with Gasteiger partial charge in [0.05, 0.1) is 6.10 Å². The minimum absolute atomic E-state index is 0.0637. The Bertz CT molecular complexity index is 359. The molecule has 1 aliphatic heterocycles. The maximum Gasteiger partial charge on any atom is 0.306 e. The number of rotatable bonds is 1. The van der Waals surface area contributed by atoms with Gasteiger partial charge < -0.3 is 14.6 Å². The lowest BCUT2D eigenvalue weighted by Crippen LogP contribution is -2.31. The molecule has 20 heavy (non-hydrogen) atoms. The number of cyclic esters (lactones) is 1. The number of carbonyl (C=O) groups excluding carboxylic acids is 1. The zero-order valence-electron chi connectivity index (χ0n) is 12.7. The van der Waals surface area contributed by atoms with Crippen molar-refractivity contribution in [2.45, 2.75) is 51.7 Å². The number of ether oxygens (including phenoxy) is 2. The Morgan fingerprint density at radius 3 is 2.85 bits per heavy atom. The second kappa shape index (κ2) is 8.93. The van der Waals surface area contributed by atoms with E-state index in [0.717, 1.165) is 24.8 Å². The van der Waals surface area contributed by atoms with Crippen LogP contribution in [0, 0.1) is 5.92 Å². The van der Waals surface area contributed by atoms with Gasteiger partial charge in [0.2, 0.25) is 0 Å². The number of esters is 1. The Morgan fingerprint density at radius 1 is 1.40 bits per heavy atom. The van der Waals surface area contributed by atoms with E-state index in [0.29, 0.717) is 13.0 Å². The minimum atomic E-state index is -0.607. The lowest BCUT2D eigenvalue weighted by atomic mass is 9.96. The lowest BCUT2D eigenvalue weighted by molar-refractivity contribution is -0.142. The summed E-state index contributed by atoms with van der Waals surface area (Å²) >= 11 is 0. The third-order valence-electron chi connectivity index (χ3n) is 3.48. The first-order chi connectivity index (χ1) is 9.54. The second-order valence-corrected chi connectivity index (χ2v) is 5.40. The number of hydrogen-bond acceptors (Lipinski definition) is 4. The quantitative estimate of drug-likeness (QED) is 0.593. The normalized spacial score (nSPS) is 30.3. The van der Waals surface area contributed by atoms with Crippen LogP contribution in [0.1, 0.15) is 39.5 Å². The van der Waals surface area contributed by atoms with Crippen LogP contribution < -0.4 is 0 Å². The Labute approximate surface area is 121 Å². The van der Waals surface area contributed by atoms with Crippen molar-refractivity contribution in [3.8, 4) is 0 Å². The molecule has 1 N–H and O–H groups in total. The molecule has 0 saturated carbocycles. The van der Waals surface area contributed by atoms with Gasteiger partial charge in [-0.3, -0.25) is 4.79 Å². The monoisotopic (exact) mass is 282 g/mol. The summed E-state index contributed by atoms with van der Waals surface area (Å²) in [6.07, 6.45) is 8.04. The van der Waals surface area contributed by atoms with E-state index >= 15 is 0 Å². The number of carbonyl (C=O) groups is 1. The van der Waals surface area contributed by atoms with E-state index in [1.165, 1.54) is 0 Å². The third kappa shape index (κ3) is 5.88. The van der Waals surface area contributed by atoms with Crippen LogP contribution in [0.15, 0.2) is 23.8 Å². The molecule has 1 aliphatic rings. The molecule has 0 aromatic rings. The highest BCUT2D eigenvalue weighted by atomic mass is 16.5. The minimum Gasteiger partial charge on any atom is -0.461 e. The first-order valence-electron chi connectivity index (χ1n) is 7.25. The number of allylic oxidation sites excluding steroid dienone is 1. The molecule has 3 atom stereocenters. The van der Waals surface area contributed by atoms with Crippen molar-refractivity contribution in [3.05, 3.63) is 23.8 Å². The zero-order chi connectivity index (χ0) is 15.0. The molecule has 0 saturated heterocycles. The summed E-state index contributed by atoms with van der Waals surface area (Å²) in [7, 11) is 1.60. The molecule has 4 nitrogen and oxygen atoms in total. The van der Waals surface area contributed by atoms with Crippen LogP contribution in [0.4, 0.5) is 0 Å². The number of hydrogen-bond donors (Lipinski definition) is 1. The van der Waals surface area contributed by atoms with E-state index in [2.05, 4.69) is 0 Å². The largest absolute Gasteiger partial charge is 0.461 e. The molecular formula is C16H26O4. The van der Waals surface area contributed by atoms with Gasteiger partial charge in [-0.1, -0.05) is 25.2 Å². The Hall–Kier alpha value is -1.13. The van der Waals surface area contributed by atoms with Crippen molar-refractivity contribution in [2.24, 2.45) is 5.92 Å². The molecule has 4 heteroatoms. The average molecular weight is 282 g/mol. The summed E-state index contributed by atoms with van der Waals surface area (Å²) < 4.78 is 10.5. The molecule has 0 aliphatic carbocycles. The predicted octanol–water partition coefficient (Wildman–Crippen LogP) is 2.62. The predicted molar refractivity (Wildman–Crippen MR) is 78.3 cm³/mol. The lowest BCUT2D eigenvalue weighted by Gasteiger charge is -2.23. The fraction of sp³-hybridized carbons (Fsp3) is 0.688. The van der Waals surface area contributed by atoms with Crippen molar-refractivity contribution >= 4 is 5.97 Å². The van der Waals surface area contributed by atoms with E-state index in [-0.39, 0.29) is 18.0 Å². The highest BCUT2D eigenvalue weighted by Gasteiger charge is 2.21. The van der Waals surface area contributed by atoms with Crippen LogP contribution >= 0.6 is 0 Å². The molecule has 0 spiro atoms. The average Bonchev–Trinajstić information content (AvgIpc) is 2.43. The smallest absolute Gasteiger partial charge is 0.306 e.